The molecule has 0 aromatic heterocycles. The van der Waals surface area contributed by atoms with E-state index in [2.05, 4.69) is 6.07 Å². The highest BCUT2D eigenvalue weighted by atomic mass is 16.5. The van der Waals surface area contributed by atoms with Gasteiger partial charge in [-0.1, -0.05) is 97.1 Å². The normalized spacial score (nSPS) is 17.9. The maximum atomic E-state index is 13.2. The van der Waals surface area contributed by atoms with Crippen molar-refractivity contribution in [3.05, 3.63) is 114 Å². The first-order valence-electron chi connectivity index (χ1n) is 10.1. The Labute approximate surface area is 174 Å². The van der Waals surface area contributed by atoms with Crippen molar-refractivity contribution in [3.63, 3.8) is 0 Å². The molecule has 0 fully saturated rings. The van der Waals surface area contributed by atoms with Gasteiger partial charge in [0, 0.05) is 28.9 Å². The van der Waals surface area contributed by atoms with Crippen LogP contribution in [0.5, 0.6) is 5.75 Å². The average Bonchev–Trinajstić information content (AvgIpc) is 2.80. The quantitative estimate of drug-likeness (QED) is 0.251. The van der Waals surface area contributed by atoms with Gasteiger partial charge in [0.05, 0.1) is 5.92 Å². The minimum atomic E-state index is -0.575. The second kappa shape index (κ2) is 7.60. The van der Waals surface area contributed by atoms with E-state index in [9.17, 15) is 9.59 Å². The van der Waals surface area contributed by atoms with E-state index in [1.807, 2.05) is 78.9 Å². The van der Waals surface area contributed by atoms with E-state index in [-0.39, 0.29) is 24.1 Å². The number of fused-ring (bicyclic) bond motifs is 3. The van der Waals surface area contributed by atoms with Gasteiger partial charge in [0.2, 0.25) is 0 Å². The minimum absolute atomic E-state index is 0.0530. The third-order valence-electron chi connectivity index (χ3n) is 5.81. The zero-order chi connectivity index (χ0) is 20.5. The molecule has 2 atom stereocenters. The van der Waals surface area contributed by atoms with E-state index in [1.54, 1.807) is 12.1 Å². The number of hydrogen-bond acceptors (Lipinski definition) is 3. The van der Waals surface area contributed by atoms with Gasteiger partial charge in [-0.15, -0.1) is 0 Å². The third-order valence-corrected chi connectivity index (χ3v) is 5.81. The van der Waals surface area contributed by atoms with Crippen molar-refractivity contribution in [3.8, 4) is 5.75 Å². The van der Waals surface area contributed by atoms with Crippen LogP contribution in [0.15, 0.2) is 97.1 Å². The third kappa shape index (κ3) is 3.18. The van der Waals surface area contributed by atoms with Crippen molar-refractivity contribution < 1.29 is 14.3 Å². The van der Waals surface area contributed by atoms with Crippen molar-refractivity contribution in [1.29, 1.82) is 0 Å². The molecule has 0 saturated heterocycles. The predicted molar refractivity (Wildman–Crippen MR) is 117 cm³/mol. The lowest BCUT2D eigenvalue weighted by Crippen LogP contribution is -2.34. The molecule has 1 aliphatic heterocycles. The molecule has 146 valence electrons. The molecular formula is C27H20O3. The van der Waals surface area contributed by atoms with Gasteiger partial charge in [-0.05, 0) is 10.9 Å². The molecule has 0 amide bonds. The molecule has 0 unspecified atom stereocenters. The number of esters is 1. The molecular weight excluding hydrogens is 372 g/mol. The fourth-order valence-electron chi connectivity index (χ4n) is 4.36. The largest absolute Gasteiger partial charge is 0.425 e. The summed E-state index contributed by atoms with van der Waals surface area (Å²) in [7, 11) is 0. The van der Waals surface area contributed by atoms with E-state index in [4.69, 9.17) is 4.74 Å². The Morgan fingerprint density at radius 3 is 2.20 bits per heavy atom. The SMILES string of the molecule is O=C(C[C@@H]1C(=O)Oc2c(ccc3ccccc23)[C@@H]1c1ccccc1)c1ccccc1. The van der Waals surface area contributed by atoms with E-state index in [0.29, 0.717) is 11.3 Å². The lowest BCUT2D eigenvalue weighted by molar-refractivity contribution is -0.140. The number of Topliss-reactive ketones (excluding diaryl/α,β-unsaturated/α-hetero) is 1. The lowest BCUT2D eigenvalue weighted by Gasteiger charge is -2.32. The summed E-state index contributed by atoms with van der Waals surface area (Å²) in [6.07, 6.45) is 0.106. The molecule has 0 aliphatic carbocycles. The Kier molecular flexibility index (Phi) is 4.64. The van der Waals surface area contributed by atoms with E-state index in [1.165, 1.54) is 0 Å². The summed E-state index contributed by atoms with van der Waals surface area (Å²) in [6.45, 7) is 0. The summed E-state index contributed by atoms with van der Waals surface area (Å²) in [5.41, 5.74) is 2.57. The number of ether oxygens (including phenoxy) is 1. The first-order valence-corrected chi connectivity index (χ1v) is 10.1. The predicted octanol–water partition coefficient (Wildman–Crippen LogP) is 5.78. The summed E-state index contributed by atoms with van der Waals surface area (Å²) >= 11 is 0. The van der Waals surface area contributed by atoms with Crippen molar-refractivity contribution in [2.45, 2.75) is 12.3 Å². The van der Waals surface area contributed by atoms with Gasteiger partial charge in [0.25, 0.3) is 0 Å². The zero-order valence-electron chi connectivity index (χ0n) is 16.3. The summed E-state index contributed by atoms with van der Waals surface area (Å²) in [5, 5.41) is 1.94. The molecule has 3 nitrogen and oxygen atoms in total. The van der Waals surface area contributed by atoms with Gasteiger partial charge in [-0.2, -0.15) is 0 Å². The highest BCUT2D eigenvalue weighted by Crippen LogP contribution is 2.46. The van der Waals surface area contributed by atoms with Crippen LogP contribution in [0, 0.1) is 5.92 Å². The molecule has 1 aliphatic rings. The van der Waals surface area contributed by atoms with Gasteiger partial charge in [0.1, 0.15) is 5.75 Å². The highest BCUT2D eigenvalue weighted by molar-refractivity contribution is 6.00. The van der Waals surface area contributed by atoms with Crippen LogP contribution in [0.3, 0.4) is 0 Å². The fraction of sp³-hybridized carbons (Fsp3) is 0.111. The van der Waals surface area contributed by atoms with E-state index < -0.39 is 5.92 Å². The summed E-state index contributed by atoms with van der Waals surface area (Å²) in [4.78, 5) is 26.1. The molecule has 0 N–H and O–H groups in total. The van der Waals surface area contributed by atoms with Crippen LogP contribution >= 0.6 is 0 Å². The first-order chi connectivity index (χ1) is 14.7. The molecule has 4 aromatic carbocycles. The van der Waals surface area contributed by atoms with Gasteiger partial charge in [-0.25, -0.2) is 0 Å². The van der Waals surface area contributed by atoms with Crippen LogP contribution in [0.2, 0.25) is 0 Å². The molecule has 4 aromatic rings. The highest BCUT2D eigenvalue weighted by Gasteiger charge is 2.40. The van der Waals surface area contributed by atoms with Gasteiger partial charge >= 0.3 is 5.97 Å². The molecule has 30 heavy (non-hydrogen) atoms. The van der Waals surface area contributed by atoms with E-state index >= 15 is 0 Å². The Bertz CT molecular complexity index is 1230. The van der Waals surface area contributed by atoms with Gasteiger partial charge in [0.15, 0.2) is 5.78 Å². The van der Waals surface area contributed by atoms with E-state index in [0.717, 1.165) is 21.9 Å². The second-order valence-corrected chi connectivity index (χ2v) is 7.61. The Hall–Kier alpha value is -3.72. The average molecular weight is 392 g/mol. The van der Waals surface area contributed by atoms with Gasteiger partial charge in [-0.3, -0.25) is 9.59 Å². The van der Waals surface area contributed by atoms with Crippen LogP contribution in [-0.4, -0.2) is 11.8 Å². The molecule has 3 heteroatoms. The Morgan fingerprint density at radius 2 is 1.43 bits per heavy atom. The fourth-order valence-corrected chi connectivity index (χ4v) is 4.36. The monoisotopic (exact) mass is 392 g/mol. The molecule has 0 spiro atoms. The maximum Gasteiger partial charge on any atom is 0.315 e. The maximum absolute atomic E-state index is 13.2. The number of carbonyl (C=O) groups excluding carboxylic acids is 2. The van der Waals surface area contributed by atoms with Crippen molar-refractivity contribution in [1.82, 2.24) is 0 Å². The Balaban J connectivity index is 1.63. The van der Waals surface area contributed by atoms with Crippen molar-refractivity contribution >= 4 is 22.5 Å². The number of carbonyl (C=O) groups is 2. The zero-order valence-corrected chi connectivity index (χ0v) is 16.3. The molecule has 0 saturated carbocycles. The van der Waals surface area contributed by atoms with Gasteiger partial charge < -0.3 is 4.74 Å². The lowest BCUT2D eigenvalue weighted by atomic mass is 9.75. The van der Waals surface area contributed by atoms with Crippen molar-refractivity contribution in [2.75, 3.05) is 0 Å². The second-order valence-electron chi connectivity index (χ2n) is 7.61. The summed E-state index contributed by atoms with van der Waals surface area (Å²) in [6, 6.07) is 31.0. The van der Waals surface area contributed by atoms with Crippen LogP contribution in [-0.2, 0) is 4.79 Å². The number of hydrogen-bond donors (Lipinski definition) is 0. The molecule has 5 rings (SSSR count). The topological polar surface area (TPSA) is 43.4 Å². The minimum Gasteiger partial charge on any atom is -0.425 e. The molecule has 0 bridgehead atoms. The summed E-state index contributed by atoms with van der Waals surface area (Å²) < 4.78 is 5.86. The van der Waals surface area contributed by atoms with Crippen LogP contribution in [0.1, 0.15) is 33.8 Å². The smallest absolute Gasteiger partial charge is 0.315 e. The molecule has 0 radical (unpaired) electrons. The van der Waals surface area contributed by atoms with Crippen LogP contribution in [0.4, 0.5) is 0 Å². The van der Waals surface area contributed by atoms with Crippen molar-refractivity contribution in [2.24, 2.45) is 5.92 Å². The Morgan fingerprint density at radius 1 is 0.767 bits per heavy atom. The number of rotatable bonds is 4. The number of ketones is 1. The summed E-state index contributed by atoms with van der Waals surface area (Å²) in [5.74, 6) is -0.608. The first kappa shape index (κ1) is 18.3. The molecule has 1 heterocycles. The standard InChI is InChI=1S/C27H20O3/c28-24(19-10-3-1-4-11-19)17-23-25(20-12-5-2-6-13-20)22-16-15-18-9-7-8-14-21(18)26(22)30-27(23)29/h1-16,23,25H,17H2/t23-,25-/m0/s1. The van der Waals surface area contributed by atoms with Crippen LogP contribution < -0.4 is 4.74 Å². The van der Waals surface area contributed by atoms with Crippen LogP contribution in [0.25, 0.3) is 10.8 Å². The number of benzene rings is 4.